The van der Waals surface area contributed by atoms with E-state index in [9.17, 15) is 27.6 Å². The van der Waals surface area contributed by atoms with Crippen molar-refractivity contribution in [2.45, 2.75) is 95.2 Å². The number of alkyl halides is 3. The first-order valence-electron chi connectivity index (χ1n) is 18.4. The van der Waals surface area contributed by atoms with Crippen LogP contribution in [0.5, 0.6) is 11.5 Å². The van der Waals surface area contributed by atoms with E-state index in [1.54, 1.807) is 11.0 Å². The first-order valence-corrected chi connectivity index (χ1v) is 18.4. The number of esters is 2. The van der Waals surface area contributed by atoms with Crippen molar-refractivity contribution in [3.8, 4) is 11.5 Å². The zero-order valence-electron chi connectivity index (χ0n) is 30.4. The molecule has 7 rings (SSSR count). The van der Waals surface area contributed by atoms with Crippen LogP contribution in [0.3, 0.4) is 0 Å². The third kappa shape index (κ3) is 6.51. The minimum absolute atomic E-state index is 0.0495. The summed E-state index contributed by atoms with van der Waals surface area (Å²) in [7, 11) is 0. The van der Waals surface area contributed by atoms with Crippen LogP contribution in [0.4, 0.5) is 13.2 Å². The molecular weight excluding hydrogens is 685 g/mol. The fraction of sp³-hybridized carbons (Fsp3) is 0.452. The number of nitrogens with zero attached hydrogens (tertiary/aromatic N) is 2. The normalized spacial score (nSPS) is 25.8. The highest BCUT2D eigenvalue weighted by Gasteiger charge is 2.75. The maximum atomic E-state index is 14.3. The van der Waals surface area contributed by atoms with E-state index in [-0.39, 0.29) is 29.2 Å². The zero-order chi connectivity index (χ0) is 37.7. The van der Waals surface area contributed by atoms with Gasteiger partial charge >= 0.3 is 18.1 Å². The molecule has 1 amide bonds. The van der Waals surface area contributed by atoms with Crippen LogP contribution in [0.15, 0.2) is 72.8 Å². The summed E-state index contributed by atoms with van der Waals surface area (Å²) >= 11 is 0. The molecule has 0 N–H and O–H groups in total. The summed E-state index contributed by atoms with van der Waals surface area (Å²) in [5, 5.41) is 0. The second kappa shape index (κ2) is 14.0. The Morgan fingerprint density at radius 2 is 1.79 bits per heavy atom. The Kier molecular flexibility index (Phi) is 9.68. The molecule has 2 heterocycles. The molecule has 3 aromatic rings. The van der Waals surface area contributed by atoms with Gasteiger partial charge in [0.15, 0.2) is 11.5 Å². The van der Waals surface area contributed by atoms with Crippen LogP contribution in [0.25, 0.3) is 6.08 Å². The SMILES string of the molecule is CC(=O)Oc1ccc2c3c1OC1C(N(CC(C)C)C(=O)/C=C/c4cccc(C(F)(F)F)c4)CC[C@@]4(OC(C)=O)[C@@H](C2)N(CCc2ccccc2)CC[C@]314. The summed E-state index contributed by atoms with van der Waals surface area (Å²) in [6.07, 6.45) is 0.466. The van der Waals surface area contributed by atoms with Crippen LogP contribution in [-0.2, 0) is 43.6 Å². The monoisotopic (exact) mass is 730 g/mol. The van der Waals surface area contributed by atoms with E-state index in [1.807, 2.05) is 38.1 Å². The van der Waals surface area contributed by atoms with Gasteiger partial charge in [-0.3, -0.25) is 19.3 Å². The highest BCUT2D eigenvalue weighted by Crippen LogP contribution is 2.67. The molecule has 2 aliphatic heterocycles. The van der Waals surface area contributed by atoms with E-state index in [2.05, 4.69) is 17.0 Å². The number of ether oxygens (including phenoxy) is 3. The average Bonchev–Trinajstić information content (AvgIpc) is 3.46. The molecule has 0 radical (unpaired) electrons. The van der Waals surface area contributed by atoms with Gasteiger partial charge in [-0.1, -0.05) is 62.4 Å². The minimum Gasteiger partial charge on any atom is -0.483 e. The quantitative estimate of drug-likeness (QED) is 0.124. The number of benzene rings is 3. The zero-order valence-corrected chi connectivity index (χ0v) is 30.4. The maximum absolute atomic E-state index is 14.3. The molecule has 2 aliphatic carbocycles. The molecule has 11 heteroatoms. The molecule has 1 saturated heterocycles. The summed E-state index contributed by atoms with van der Waals surface area (Å²) < 4.78 is 59.7. The summed E-state index contributed by atoms with van der Waals surface area (Å²) in [5.74, 6) is -0.478. The lowest BCUT2D eigenvalue weighted by Crippen LogP contribution is -2.79. The van der Waals surface area contributed by atoms with Crippen molar-refractivity contribution in [2.75, 3.05) is 19.6 Å². The van der Waals surface area contributed by atoms with Crippen LogP contribution < -0.4 is 9.47 Å². The van der Waals surface area contributed by atoms with Gasteiger partial charge in [0.05, 0.1) is 23.1 Å². The molecule has 4 aliphatic rings. The molecule has 8 nitrogen and oxygen atoms in total. The fourth-order valence-corrected chi connectivity index (χ4v) is 9.63. The smallest absolute Gasteiger partial charge is 0.416 e. The van der Waals surface area contributed by atoms with Crippen LogP contribution in [0, 0.1) is 5.92 Å². The van der Waals surface area contributed by atoms with Crippen molar-refractivity contribution < 1.29 is 41.8 Å². The summed E-state index contributed by atoms with van der Waals surface area (Å²) in [6.45, 7) is 8.59. The van der Waals surface area contributed by atoms with E-state index in [4.69, 9.17) is 14.2 Å². The molecule has 2 unspecified atom stereocenters. The minimum atomic E-state index is -4.51. The van der Waals surface area contributed by atoms with Crippen molar-refractivity contribution in [2.24, 2.45) is 5.92 Å². The number of hydrogen-bond acceptors (Lipinski definition) is 7. The van der Waals surface area contributed by atoms with Crippen molar-refractivity contribution in [1.29, 1.82) is 0 Å². The van der Waals surface area contributed by atoms with Crippen LogP contribution in [-0.4, -0.2) is 71.1 Å². The lowest BCUT2D eigenvalue weighted by molar-refractivity contribution is -0.224. The molecule has 5 atom stereocenters. The van der Waals surface area contributed by atoms with Gasteiger partial charge in [-0.2, -0.15) is 13.2 Å². The topological polar surface area (TPSA) is 85.4 Å². The Balaban J connectivity index is 1.31. The number of piperidine rings is 1. The third-order valence-electron chi connectivity index (χ3n) is 11.5. The molecule has 2 bridgehead atoms. The molecule has 53 heavy (non-hydrogen) atoms. The lowest BCUT2D eigenvalue weighted by atomic mass is 9.48. The van der Waals surface area contributed by atoms with Crippen molar-refractivity contribution in [3.05, 3.63) is 101 Å². The summed E-state index contributed by atoms with van der Waals surface area (Å²) in [4.78, 5) is 44.0. The van der Waals surface area contributed by atoms with E-state index in [1.165, 1.54) is 43.7 Å². The molecule has 2 fully saturated rings. The van der Waals surface area contributed by atoms with Crippen LogP contribution in [0.2, 0.25) is 0 Å². The second-order valence-electron chi connectivity index (χ2n) is 15.2. The third-order valence-corrected chi connectivity index (χ3v) is 11.5. The Bertz CT molecular complexity index is 1930. The standard InChI is InChI=1S/C42H45F3N2O6/c1-26(2)25-47(36(50)16-13-30-11-8-12-32(23-30)42(43,44)45)33-17-19-41(53-28(4)49)35-24-31-14-15-34(51-27(3)48)38-37(31)40(41,39(33)52-38)20-22-46(35)21-18-29-9-6-5-7-10-29/h5-16,23,26,33,35,39H,17-22,24-25H2,1-4H3/b16-13+/t33?,35-,39?,40+,41-/m1/s1. The first-order chi connectivity index (χ1) is 25.2. The summed E-state index contributed by atoms with van der Waals surface area (Å²) in [6, 6.07) is 18.2. The Hall–Kier alpha value is -4.64. The molecule has 0 aromatic heterocycles. The number of rotatable bonds is 10. The van der Waals surface area contributed by atoms with E-state index in [0.29, 0.717) is 44.5 Å². The Morgan fingerprint density at radius 3 is 2.49 bits per heavy atom. The van der Waals surface area contributed by atoms with E-state index >= 15 is 0 Å². The largest absolute Gasteiger partial charge is 0.483 e. The molecular formula is C42H45F3N2O6. The Morgan fingerprint density at radius 1 is 1.02 bits per heavy atom. The van der Waals surface area contributed by atoms with Crippen LogP contribution in [0.1, 0.15) is 74.8 Å². The van der Waals surface area contributed by atoms with Gasteiger partial charge in [0, 0.05) is 38.6 Å². The molecule has 3 aromatic carbocycles. The number of carbonyl (C=O) groups is 3. The van der Waals surface area contributed by atoms with Gasteiger partial charge in [-0.05, 0) is 85.5 Å². The Labute approximate surface area is 307 Å². The lowest BCUT2D eigenvalue weighted by Gasteiger charge is -2.65. The van der Waals surface area contributed by atoms with Crippen molar-refractivity contribution >= 4 is 23.9 Å². The maximum Gasteiger partial charge on any atom is 0.416 e. The predicted octanol–water partition coefficient (Wildman–Crippen LogP) is 7.16. The van der Waals surface area contributed by atoms with E-state index < -0.39 is 46.8 Å². The molecule has 280 valence electrons. The molecule has 1 spiro atoms. The number of carbonyl (C=O) groups excluding carboxylic acids is 3. The number of hydrogen-bond donors (Lipinski definition) is 0. The number of amides is 1. The predicted molar refractivity (Wildman–Crippen MR) is 192 cm³/mol. The highest BCUT2D eigenvalue weighted by molar-refractivity contribution is 5.92. The second-order valence-corrected chi connectivity index (χ2v) is 15.2. The first kappa shape index (κ1) is 36.7. The molecule has 1 saturated carbocycles. The van der Waals surface area contributed by atoms with Gasteiger partial charge in [0.1, 0.15) is 11.7 Å². The number of halogens is 3. The van der Waals surface area contributed by atoms with Gasteiger partial charge in [0.2, 0.25) is 5.91 Å². The average molecular weight is 731 g/mol. The summed E-state index contributed by atoms with van der Waals surface area (Å²) in [5.41, 5.74) is 0.720. The van der Waals surface area contributed by atoms with Gasteiger partial charge in [-0.25, -0.2) is 0 Å². The van der Waals surface area contributed by atoms with Gasteiger partial charge < -0.3 is 19.1 Å². The number of likely N-dealkylation sites (tertiary alicyclic amines) is 1. The fourth-order valence-electron chi connectivity index (χ4n) is 9.63. The van der Waals surface area contributed by atoms with Crippen molar-refractivity contribution in [1.82, 2.24) is 9.80 Å². The highest BCUT2D eigenvalue weighted by atomic mass is 19.4. The van der Waals surface area contributed by atoms with Gasteiger partial charge in [-0.15, -0.1) is 0 Å². The van der Waals surface area contributed by atoms with Crippen molar-refractivity contribution in [3.63, 3.8) is 0 Å². The van der Waals surface area contributed by atoms with Gasteiger partial charge in [0.25, 0.3) is 0 Å². The van der Waals surface area contributed by atoms with E-state index in [0.717, 1.165) is 36.2 Å². The van der Waals surface area contributed by atoms with Crippen LogP contribution >= 0.6 is 0 Å².